The number of aliphatic carboxylic acids is 5. The van der Waals surface area contributed by atoms with Gasteiger partial charge in [-0.15, -0.1) is 0 Å². The Kier molecular flexibility index (Phi) is 18.9. The maximum atomic E-state index is 12.5. The molecule has 2 aromatic rings. The molecule has 0 radical (unpaired) electrons. The highest BCUT2D eigenvalue weighted by Gasteiger charge is 2.34. The SMILES string of the molecule is O=CNCc1cc(COc2ccc(CCNC(=O)CCC(NC(=O)CCC(NC(=O)CCC(C(=O)O)C(CCC(=O)O)C(=O)O)C(=O)O)C(=O)O)cc2)co1. The Morgan fingerprint density at radius 3 is 1.71 bits per heavy atom. The summed E-state index contributed by atoms with van der Waals surface area (Å²) < 4.78 is 11.0. The van der Waals surface area contributed by atoms with Crippen molar-refractivity contribution in [3.8, 4) is 5.75 Å². The van der Waals surface area contributed by atoms with Crippen molar-refractivity contribution >= 4 is 54.0 Å². The number of ether oxygens (including phenoxy) is 1. The molecule has 20 heteroatoms. The zero-order valence-corrected chi connectivity index (χ0v) is 29.6. The molecular formula is C35H44N4O16. The molecule has 0 aliphatic heterocycles. The van der Waals surface area contributed by atoms with E-state index in [9.17, 15) is 63.6 Å². The first-order valence-electron chi connectivity index (χ1n) is 17.0. The van der Waals surface area contributed by atoms with Crippen LogP contribution in [0.4, 0.5) is 0 Å². The van der Waals surface area contributed by atoms with Gasteiger partial charge in [-0.05, 0) is 55.9 Å². The fraction of sp³-hybridized carbons (Fsp3) is 0.457. The molecule has 55 heavy (non-hydrogen) atoms. The van der Waals surface area contributed by atoms with Crippen molar-refractivity contribution in [2.75, 3.05) is 6.54 Å². The monoisotopic (exact) mass is 776 g/mol. The molecule has 4 atom stereocenters. The van der Waals surface area contributed by atoms with E-state index in [1.165, 1.54) is 6.26 Å². The van der Waals surface area contributed by atoms with E-state index < -0.39 is 110 Å². The van der Waals surface area contributed by atoms with Crippen LogP contribution in [0, 0.1) is 11.8 Å². The smallest absolute Gasteiger partial charge is 0.326 e. The number of rotatable bonds is 28. The molecule has 1 aromatic carbocycles. The number of hydrogen-bond donors (Lipinski definition) is 9. The molecule has 4 unspecified atom stereocenters. The number of hydrogen-bond acceptors (Lipinski definition) is 11. The fourth-order valence-corrected chi connectivity index (χ4v) is 5.25. The van der Waals surface area contributed by atoms with Gasteiger partial charge in [-0.1, -0.05) is 12.1 Å². The first kappa shape index (κ1) is 44.7. The Morgan fingerprint density at radius 2 is 1.20 bits per heavy atom. The molecule has 0 spiro atoms. The molecule has 20 nitrogen and oxygen atoms in total. The zero-order chi connectivity index (χ0) is 40.9. The van der Waals surface area contributed by atoms with Crippen molar-refractivity contribution in [2.24, 2.45) is 11.8 Å². The molecule has 1 aromatic heterocycles. The maximum Gasteiger partial charge on any atom is 0.326 e. The van der Waals surface area contributed by atoms with Crippen molar-refractivity contribution < 1.29 is 77.8 Å². The highest BCUT2D eigenvalue weighted by molar-refractivity contribution is 5.87. The van der Waals surface area contributed by atoms with Crippen LogP contribution in [0.1, 0.15) is 68.3 Å². The number of carbonyl (C=O) groups excluding carboxylic acids is 4. The number of carbonyl (C=O) groups is 9. The molecule has 0 aliphatic carbocycles. The van der Waals surface area contributed by atoms with Crippen molar-refractivity contribution in [1.82, 2.24) is 21.3 Å². The molecule has 1 heterocycles. The summed E-state index contributed by atoms with van der Waals surface area (Å²) in [5.41, 5.74) is 1.66. The number of nitrogens with one attached hydrogen (secondary N) is 4. The average molecular weight is 777 g/mol. The number of furan rings is 1. The van der Waals surface area contributed by atoms with Crippen molar-refractivity contribution in [3.05, 3.63) is 53.5 Å². The number of carboxylic acids is 5. The predicted molar refractivity (Wildman–Crippen MR) is 185 cm³/mol. The summed E-state index contributed by atoms with van der Waals surface area (Å²) in [6.45, 7) is 0.746. The van der Waals surface area contributed by atoms with E-state index in [4.69, 9.17) is 14.3 Å². The Balaban J connectivity index is 1.76. The third-order valence-corrected chi connectivity index (χ3v) is 8.19. The molecule has 300 valence electrons. The minimum atomic E-state index is -1.64. The summed E-state index contributed by atoms with van der Waals surface area (Å²) in [4.78, 5) is 105. The Morgan fingerprint density at radius 1 is 0.673 bits per heavy atom. The van der Waals surface area contributed by atoms with Gasteiger partial charge >= 0.3 is 29.8 Å². The van der Waals surface area contributed by atoms with E-state index in [1.54, 1.807) is 18.2 Å². The second-order valence-corrected chi connectivity index (χ2v) is 12.3. The molecule has 0 saturated heterocycles. The normalized spacial score (nSPS) is 12.9. The van der Waals surface area contributed by atoms with Crippen LogP contribution in [0.15, 0.2) is 41.0 Å². The third kappa shape index (κ3) is 17.3. The van der Waals surface area contributed by atoms with E-state index in [-0.39, 0.29) is 32.5 Å². The summed E-state index contributed by atoms with van der Waals surface area (Å²) in [7, 11) is 0. The van der Waals surface area contributed by atoms with Gasteiger partial charge in [-0.25, -0.2) is 9.59 Å². The third-order valence-electron chi connectivity index (χ3n) is 8.19. The summed E-state index contributed by atoms with van der Waals surface area (Å²) in [5.74, 6) is -11.9. The van der Waals surface area contributed by atoms with Gasteiger partial charge < -0.3 is 56.0 Å². The standard InChI is InChI=1S/C35H44N4O16/c40-19-36-16-23-15-21(18-55-23)17-54-22-3-1-20(2-4-22)13-14-37-28(41)10-7-26(34(50)51)39-30(43)11-8-27(35(52)53)38-29(42)9-5-24(32(46)47)25(33(48)49)6-12-31(44)45/h1-4,15,18-19,24-27H,5-14,16-17H2,(H,36,40)(H,37,41)(H,38,42)(H,39,43)(H,44,45)(H,46,47)(H,48,49)(H,50,51)(H,52,53). The average Bonchev–Trinajstić information content (AvgIpc) is 3.58. The second kappa shape index (κ2) is 23.2. The lowest BCUT2D eigenvalue weighted by Crippen LogP contribution is -2.44. The molecule has 0 fully saturated rings. The Bertz CT molecular complexity index is 1660. The van der Waals surface area contributed by atoms with Crippen LogP contribution in [0.25, 0.3) is 0 Å². The maximum absolute atomic E-state index is 12.5. The molecule has 0 aliphatic rings. The van der Waals surface area contributed by atoms with Crippen LogP contribution in [-0.4, -0.2) is 98.1 Å². The highest BCUT2D eigenvalue weighted by Crippen LogP contribution is 2.24. The van der Waals surface area contributed by atoms with E-state index in [0.717, 1.165) is 11.1 Å². The van der Waals surface area contributed by atoms with E-state index in [2.05, 4.69) is 21.3 Å². The van der Waals surface area contributed by atoms with Gasteiger partial charge in [-0.3, -0.25) is 33.6 Å². The Labute approximate surface area is 313 Å². The molecule has 9 N–H and O–H groups in total. The van der Waals surface area contributed by atoms with Crippen LogP contribution in [0.2, 0.25) is 0 Å². The van der Waals surface area contributed by atoms with Crippen LogP contribution >= 0.6 is 0 Å². The van der Waals surface area contributed by atoms with Gasteiger partial charge in [0.25, 0.3) is 0 Å². The van der Waals surface area contributed by atoms with Gasteiger partial charge in [0.1, 0.15) is 30.2 Å². The lowest BCUT2D eigenvalue weighted by atomic mass is 9.85. The summed E-state index contributed by atoms with van der Waals surface area (Å²) in [6, 6.07) is 5.76. The second-order valence-electron chi connectivity index (χ2n) is 12.3. The number of amides is 4. The van der Waals surface area contributed by atoms with Gasteiger partial charge in [-0.2, -0.15) is 0 Å². The van der Waals surface area contributed by atoms with Gasteiger partial charge in [0.15, 0.2) is 0 Å². The van der Waals surface area contributed by atoms with Gasteiger partial charge in [0.05, 0.1) is 24.6 Å². The molecular weight excluding hydrogens is 732 g/mol. The largest absolute Gasteiger partial charge is 0.489 e. The van der Waals surface area contributed by atoms with E-state index >= 15 is 0 Å². The van der Waals surface area contributed by atoms with Crippen LogP contribution in [-0.2, 0) is 62.7 Å². The minimum absolute atomic E-state index is 0.236. The van der Waals surface area contributed by atoms with Crippen molar-refractivity contribution in [1.29, 1.82) is 0 Å². The van der Waals surface area contributed by atoms with Crippen LogP contribution < -0.4 is 26.0 Å². The number of benzene rings is 1. The fourth-order valence-electron chi connectivity index (χ4n) is 5.25. The lowest BCUT2D eigenvalue weighted by Gasteiger charge is -2.20. The molecule has 4 amide bonds. The molecule has 0 saturated carbocycles. The first-order chi connectivity index (χ1) is 26.1. The van der Waals surface area contributed by atoms with Gasteiger partial charge in [0, 0.05) is 37.8 Å². The summed E-state index contributed by atoms with van der Waals surface area (Å²) in [5, 5.41) is 56.2. The lowest BCUT2D eigenvalue weighted by molar-refractivity contribution is -0.155. The topological polar surface area (TPSA) is 325 Å². The minimum Gasteiger partial charge on any atom is -0.489 e. The molecule has 0 bridgehead atoms. The highest BCUT2D eigenvalue weighted by atomic mass is 16.5. The quantitative estimate of drug-likeness (QED) is 0.0532. The van der Waals surface area contributed by atoms with E-state index in [0.29, 0.717) is 24.3 Å². The first-order valence-corrected chi connectivity index (χ1v) is 17.0. The zero-order valence-electron chi connectivity index (χ0n) is 29.6. The molecule has 2 rings (SSSR count). The number of carboxylic acid groups (broad SMARTS) is 5. The predicted octanol–water partition coefficient (Wildman–Crippen LogP) is 0.509. The Hall–Kier alpha value is -6.47. The summed E-state index contributed by atoms with van der Waals surface area (Å²) >= 11 is 0. The van der Waals surface area contributed by atoms with Crippen LogP contribution in [0.3, 0.4) is 0 Å². The van der Waals surface area contributed by atoms with Crippen molar-refractivity contribution in [3.63, 3.8) is 0 Å². The summed E-state index contributed by atoms with van der Waals surface area (Å²) in [6.07, 6.45) is -1.31. The van der Waals surface area contributed by atoms with E-state index in [1.807, 2.05) is 12.1 Å². The van der Waals surface area contributed by atoms with Gasteiger partial charge in [0.2, 0.25) is 24.1 Å². The van der Waals surface area contributed by atoms with Crippen LogP contribution in [0.5, 0.6) is 5.75 Å². The van der Waals surface area contributed by atoms with Crippen molar-refractivity contribution in [2.45, 2.75) is 83.0 Å².